The van der Waals surface area contributed by atoms with Crippen LogP contribution < -0.4 is 0 Å². The minimum Gasteiger partial charge on any atom is -0.207 e. The summed E-state index contributed by atoms with van der Waals surface area (Å²) in [5.74, 6) is 0. The van der Waals surface area contributed by atoms with Crippen molar-refractivity contribution in [1.29, 1.82) is 0 Å². The topological polar surface area (TPSA) is 101 Å². The first-order chi connectivity index (χ1) is 14.5. The summed E-state index contributed by atoms with van der Waals surface area (Å²) in [5.41, 5.74) is 1.86. The summed E-state index contributed by atoms with van der Waals surface area (Å²) in [7, 11) is -7.49. The minimum atomic E-state index is -3.80. The van der Waals surface area contributed by atoms with Gasteiger partial charge in [0.1, 0.15) is 15.9 Å². The first-order valence-corrected chi connectivity index (χ1v) is 13.4. The first kappa shape index (κ1) is 22.3. The molecule has 1 fully saturated rings. The molecule has 0 bridgehead atoms. The van der Waals surface area contributed by atoms with E-state index in [1.54, 1.807) is 24.3 Å². The summed E-state index contributed by atoms with van der Waals surface area (Å²) in [6.07, 6.45) is 0. The van der Waals surface area contributed by atoms with Crippen molar-refractivity contribution in [2.24, 2.45) is 0 Å². The van der Waals surface area contributed by atoms with Crippen LogP contribution in [0.4, 0.5) is 0 Å². The number of piperazine rings is 1. The molecule has 1 aliphatic heterocycles. The third-order valence-corrected chi connectivity index (χ3v) is 9.81. The fourth-order valence-corrected chi connectivity index (χ4v) is 7.15. The van der Waals surface area contributed by atoms with Gasteiger partial charge in [0.25, 0.3) is 0 Å². The van der Waals surface area contributed by atoms with Gasteiger partial charge >= 0.3 is 0 Å². The Morgan fingerprint density at radius 3 is 1.97 bits per heavy atom. The Morgan fingerprint density at radius 1 is 0.806 bits per heavy atom. The maximum Gasteiger partial charge on any atom is 0.245 e. The molecule has 0 atom stereocenters. The number of rotatable bonds is 4. The van der Waals surface area contributed by atoms with Gasteiger partial charge in [-0.25, -0.2) is 16.8 Å². The molecule has 0 N–H and O–H groups in total. The Labute approximate surface area is 186 Å². The standard InChI is InChI=1S/C20H24N4O4S3/c1-20(2,3)15-7-9-16(10-8-15)30(25,26)23-11-13-24(14-12-23)31(27,28)18-6-4-5-17-19(18)22-29-21-17/h4-10H,11-14H2,1-3H3. The van der Waals surface area contributed by atoms with Gasteiger partial charge in [-0.05, 0) is 35.2 Å². The van der Waals surface area contributed by atoms with Gasteiger partial charge in [0, 0.05) is 26.2 Å². The molecule has 4 rings (SSSR count). The van der Waals surface area contributed by atoms with Crippen LogP contribution in [-0.2, 0) is 25.5 Å². The molecule has 0 amide bonds. The molecule has 0 saturated carbocycles. The van der Waals surface area contributed by atoms with E-state index in [1.807, 2.05) is 12.1 Å². The van der Waals surface area contributed by atoms with E-state index in [4.69, 9.17) is 0 Å². The normalized spacial score (nSPS) is 17.3. The summed E-state index contributed by atoms with van der Waals surface area (Å²) in [6.45, 7) is 6.54. The SMILES string of the molecule is CC(C)(C)c1ccc(S(=O)(=O)N2CCN(S(=O)(=O)c3cccc4nsnc34)CC2)cc1. The van der Waals surface area contributed by atoms with E-state index >= 15 is 0 Å². The van der Waals surface area contributed by atoms with Crippen LogP contribution in [0, 0.1) is 0 Å². The molecular formula is C20H24N4O4S3. The molecule has 0 spiro atoms. The van der Waals surface area contributed by atoms with Gasteiger partial charge in [-0.1, -0.05) is 39.0 Å². The van der Waals surface area contributed by atoms with Gasteiger partial charge in [-0.3, -0.25) is 0 Å². The molecule has 2 aromatic carbocycles. The lowest BCUT2D eigenvalue weighted by molar-refractivity contribution is 0.273. The number of sulfonamides is 2. The van der Waals surface area contributed by atoms with E-state index in [9.17, 15) is 16.8 Å². The van der Waals surface area contributed by atoms with E-state index in [0.717, 1.165) is 17.3 Å². The molecule has 11 heteroatoms. The van der Waals surface area contributed by atoms with Crippen LogP contribution in [-0.4, -0.2) is 60.4 Å². The fourth-order valence-electron chi connectivity index (χ4n) is 3.56. The van der Waals surface area contributed by atoms with Crippen molar-refractivity contribution in [1.82, 2.24) is 17.4 Å². The highest BCUT2D eigenvalue weighted by Gasteiger charge is 2.35. The fraction of sp³-hybridized carbons (Fsp3) is 0.400. The second-order valence-corrected chi connectivity index (χ2v) is 12.8. The second kappa shape index (κ2) is 7.89. The van der Waals surface area contributed by atoms with Gasteiger partial charge in [-0.15, -0.1) is 0 Å². The van der Waals surface area contributed by atoms with Gasteiger partial charge in [0.15, 0.2) is 0 Å². The Bertz CT molecular complexity index is 1300. The predicted molar refractivity (Wildman–Crippen MR) is 120 cm³/mol. The molecule has 0 aliphatic carbocycles. The van der Waals surface area contributed by atoms with Crippen molar-refractivity contribution in [2.45, 2.75) is 36.0 Å². The summed E-state index contributed by atoms with van der Waals surface area (Å²) >= 11 is 0.963. The van der Waals surface area contributed by atoms with Crippen molar-refractivity contribution in [3.8, 4) is 0 Å². The van der Waals surface area contributed by atoms with E-state index in [2.05, 4.69) is 29.5 Å². The minimum absolute atomic E-state index is 0.0715. The summed E-state index contributed by atoms with van der Waals surface area (Å²) in [5, 5.41) is 0. The Hall–Kier alpha value is -1.92. The Morgan fingerprint density at radius 2 is 1.39 bits per heavy atom. The number of nitrogens with zero attached hydrogens (tertiary/aromatic N) is 4. The zero-order chi connectivity index (χ0) is 22.4. The molecular weight excluding hydrogens is 456 g/mol. The van der Waals surface area contributed by atoms with Crippen LogP contribution in [0.1, 0.15) is 26.3 Å². The lowest BCUT2D eigenvalue weighted by Crippen LogP contribution is -2.50. The molecule has 3 aromatic rings. The molecule has 0 radical (unpaired) electrons. The molecule has 1 saturated heterocycles. The maximum absolute atomic E-state index is 13.2. The molecule has 1 aliphatic rings. The van der Waals surface area contributed by atoms with E-state index in [-0.39, 0.29) is 41.4 Å². The highest BCUT2D eigenvalue weighted by molar-refractivity contribution is 7.89. The van der Waals surface area contributed by atoms with Crippen molar-refractivity contribution >= 4 is 42.8 Å². The number of benzene rings is 2. The molecule has 8 nitrogen and oxygen atoms in total. The van der Waals surface area contributed by atoms with E-state index in [1.165, 1.54) is 14.7 Å². The van der Waals surface area contributed by atoms with Crippen molar-refractivity contribution in [2.75, 3.05) is 26.2 Å². The molecule has 0 unspecified atom stereocenters. The number of aromatic nitrogens is 2. The Balaban J connectivity index is 1.52. The van der Waals surface area contributed by atoms with Crippen LogP contribution in [0.15, 0.2) is 52.3 Å². The number of fused-ring (bicyclic) bond motifs is 1. The molecule has 166 valence electrons. The van der Waals surface area contributed by atoms with Crippen molar-refractivity contribution in [3.05, 3.63) is 48.0 Å². The van der Waals surface area contributed by atoms with Gasteiger partial charge in [0.05, 0.1) is 16.6 Å². The Kier molecular flexibility index (Phi) is 5.67. The molecule has 1 aromatic heterocycles. The highest BCUT2D eigenvalue weighted by Crippen LogP contribution is 2.28. The molecule has 2 heterocycles. The highest BCUT2D eigenvalue weighted by atomic mass is 32.2. The van der Waals surface area contributed by atoms with Gasteiger partial charge in [-0.2, -0.15) is 17.4 Å². The quantitative estimate of drug-likeness (QED) is 0.569. The van der Waals surface area contributed by atoms with Crippen molar-refractivity contribution < 1.29 is 16.8 Å². The monoisotopic (exact) mass is 480 g/mol. The van der Waals surface area contributed by atoms with Crippen molar-refractivity contribution in [3.63, 3.8) is 0 Å². The second-order valence-electron chi connectivity index (χ2n) is 8.47. The smallest absolute Gasteiger partial charge is 0.207 e. The van der Waals surface area contributed by atoms with Gasteiger partial charge in [0.2, 0.25) is 20.0 Å². The van der Waals surface area contributed by atoms with E-state index in [0.29, 0.717) is 11.0 Å². The molecule has 31 heavy (non-hydrogen) atoms. The van der Waals surface area contributed by atoms with Crippen LogP contribution in [0.25, 0.3) is 11.0 Å². The lowest BCUT2D eigenvalue weighted by atomic mass is 9.87. The zero-order valence-corrected chi connectivity index (χ0v) is 20.0. The summed E-state index contributed by atoms with van der Waals surface area (Å²) in [4.78, 5) is 0.322. The lowest BCUT2D eigenvalue weighted by Gasteiger charge is -2.33. The number of hydrogen-bond donors (Lipinski definition) is 0. The van der Waals surface area contributed by atoms with Crippen LogP contribution in [0.3, 0.4) is 0 Å². The predicted octanol–water partition coefficient (Wildman–Crippen LogP) is 2.68. The summed E-state index contributed by atoms with van der Waals surface area (Å²) in [6, 6.07) is 11.8. The van der Waals surface area contributed by atoms with Crippen LogP contribution in [0.2, 0.25) is 0 Å². The number of hydrogen-bond acceptors (Lipinski definition) is 7. The third kappa shape index (κ3) is 4.12. The first-order valence-electron chi connectivity index (χ1n) is 9.83. The zero-order valence-electron chi connectivity index (χ0n) is 17.5. The average molecular weight is 481 g/mol. The van der Waals surface area contributed by atoms with Crippen LogP contribution in [0.5, 0.6) is 0 Å². The third-order valence-electron chi connectivity index (χ3n) is 5.42. The largest absolute Gasteiger partial charge is 0.245 e. The summed E-state index contributed by atoms with van der Waals surface area (Å²) < 4.78 is 63.3. The maximum atomic E-state index is 13.2. The van der Waals surface area contributed by atoms with Gasteiger partial charge < -0.3 is 0 Å². The van der Waals surface area contributed by atoms with Crippen LogP contribution >= 0.6 is 11.7 Å². The van der Waals surface area contributed by atoms with E-state index < -0.39 is 20.0 Å². The average Bonchev–Trinajstić information content (AvgIpc) is 3.22.